The van der Waals surface area contributed by atoms with Crippen LogP contribution < -0.4 is 0 Å². The quantitative estimate of drug-likeness (QED) is 0.923. The summed E-state index contributed by atoms with van der Waals surface area (Å²) in [6.45, 7) is 1.26. The first-order valence-electron chi connectivity index (χ1n) is 6.71. The van der Waals surface area contributed by atoms with Crippen molar-refractivity contribution in [3.63, 3.8) is 0 Å². The van der Waals surface area contributed by atoms with Gasteiger partial charge in [0, 0.05) is 13.2 Å². The Morgan fingerprint density at radius 3 is 2.54 bits per heavy atom. The molecule has 0 bridgehead atoms. The molecule has 0 saturated carbocycles. The molecule has 9 heteroatoms. The van der Waals surface area contributed by atoms with Crippen molar-refractivity contribution in [1.82, 2.24) is 9.88 Å². The highest BCUT2D eigenvalue weighted by Gasteiger charge is 2.37. The first kappa shape index (κ1) is 17.5. The minimum atomic E-state index is -4.76. The first-order valence-corrected chi connectivity index (χ1v) is 6.71. The summed E-state index contributed by atoms with van der Waals surface area (Å²) in [6.07, 6.45) is -3.81. The van der Waals surface area contributed by atoms with Gasteiger partial charge in [0.25, 0.3) is 5.91 Å². The van der Waals surface area contributed by atoms with E-state index in [1.165, 1.54) is 26.1 Å². The van der Waals surface area contributed by atoms with Crippen molar-refractivity contribution < 1.29 is 32.3 Å². The van der Waals surface area contributed by atoms with Crippen molar-refractivity contribution in [2.75, 3.05) is 7.05 Å². The van der Waals surface area contributed by atoms with Crippen LogP contribution in [0.1, 0.15) is 37.9 Å². The zero-order valence-corrected chi connectivity index (χ0v) is 12.7. The summed E-state index contributed by atoms with van der Waals surface area (Å²) in [7, 11) is 1.29. The highest BCUT2D eigenvalue weighted by molar-refractivity contribution is 5.95. The van der Waals surface area contributed by atoms with Gasteiger partial charge < -0.3 is 14.4 Å². The number of aromatic nitrogens is 1. The number of amides is 1. The van der Waals surface area contributed by atoms with Gasteiger partial charge in [-0.15, -0.1) is 0 Å². The third-order valence-electron chi connectivity index (χ3n) is 3.25. The third kappa shape index (κ3) is 3.55. The van der Waals surface area contributed by atoms with Gasteiger partial charge in [-0.05, 0) is 25.1 Å². The molecule has 128 valence electrons. The van der Waals surface area contributed by atoms with Crippen molar-refractivity contribution in [2.24, 2.45) is 0 Å². The van der Waals surface area contributed by atoms with E-state index < -0.39 is 29.3 Å². The second-order valence-electron chi connectivity index (χ2n) is 5.05. The third-order valence-corrected chi connectivity index (χ3v) is 3.25. The van der Waals surface area contributed by atoms with Crippen molar-refractivity contribution in [3.8, 4) is 0 Å². The molecular formula is C15H13F3N2O4. The minimum Gasteiger partial charge on any atom is -0.478 e. The van der Waals surface area contributed by atoms with E-state index in [1.54, 1.807) is 0 Å². The molecule has 0 aromatic carbocycles. The van der Waals surface area contributed by atoms with Crippen LogP contribution in [0.25, 0.3) is 0 Å². The van der Waals surface area contributed by atoms with E-state index in [1.807, 2.05) is 0 Å². The minimum absolute atomic E-state index is 0.0665. The largest absolute Gasteiger partial charge is 0.478 e. The molecule has 0 aliphatic rings. The smallest absolute Gasteiger partial charge is 0.434 e. The number of halogens is 3. The number of aromatic carboxylic acids is 1. The normalized spacial score (nSPS) is 11.4. The van der Waals surface area contributed by atoms with Crippen LogP contribution in [0.2, 0.25) is 0 Å². The summed E-state index contributed by atoms with van der Waals surface area (Å²) in [6, 6.07) is 3.50. The number of pyridine rings is 1. The van der Waals surface area contributed by atoms with Crippen LogP contribution >= 0.6 is 0 Å². The number of aryl methyl sites for hydroxylation is 1. The summed E-state index contributed by atoms with van der Waals surface area (Å²) < 4.78 is 44.0. The number of carboxylic acid groups (broad SMARTS) is 1. The van der Waals surface area contributed by atoms with Gasteiger partial charge in [0.15, 0.2) is 5.69 Å². The molecule has 1 amide bonds. The molecular weight excluding hydrogens is 329 g/mol. The second-order valence-corrected chi connectivity index (χ2v) is 5.05. The molecule has 0 radical (unpaired) electrons. The number of hydrogen-bond acceptors (Lipinski definition) is 4. The summed E-state index contributed by atoms with van der Waals surface area (Å²) in [5.41, 5.74) is -1.93. The topological polar surface area (TPSA) is 83.6 Å². The summed E-state index contributed by atoms with van der Waals surface area (Å²) in [5, 5.41) is 8.95. The molecule has 2 aromatic rings. The molecule has 2 rings (SSSR count). The van der Waals surface area contributed by atoms with Gasteiger partial charge in [0.05, 0.1) is 12.1 Å². The Hall–Kier alpha value is -2.84. The Bertz CT molecular complexity index is 783. The van der Waals surface area contributed by atoms with E-state index in [-0.39, 0.29) is 23.6 Å². The predicted octanol–water partition coefficient (Wildman–Crippen LogP) is 2.97. The van der Waals surface area contributed by atoms with Crippen LogP contribution in [0.3, 0.4) is 0 Å². The molecule has 0 atom stereocenters. The van der Waals surface area contributed by atoms with Crippen LogP contribution in [-0.4, -0.2) is 33.9 Å². The Labute approximate surface area is 134 Å². The van der Waals surface area contributed by atoms with Gasteiger partial charge in [0.1, 0.15) is 17.1 Å². The first-order chi connectivity index (χ1) is 11.1. The zero-order chi connectivity index (χ0) is 18.1. The highest BCUT2D eigenvalue weighted by atomic mass is 19.4. The fraction of sp³-hybridized carbons (Fsp3) is 0.267. The number of carbonyl (C=O) groups excluding carboxylic acids is 1. The van der Waals surface area contributed by atoms with Gasteiger partial charge >= 0.3 is 12.1 Å². The fourth-order valence-electron chi connectivity index (χ4n) is 2.15. The molecule has 0 aliphatic carbocycles. The Morgan fingerprint density at radius 2 is 2.00 bits per heavy atom. The monoisotopic (exact) mass is 342 g/mol. The number of carbonyl (C=O) groups is 2. The Morgan fingerprint density at radius 1 is 1.33 bits per heavy atom. The number of hydrogen-bond donors (Lipinski definition) is 1. The van der Waals surface area contributed by atoms with Crippen molar-refractivity contribution >= 4 is 11.9 Å². The standard InChI is InChI=1S/C15H13F3N2O4/c1-8-11(14(22)23)6-9(24-8)7-20(2)13(21)10-4-3-5-19-12(10)15(16,17)18/h3-6H,7H2,1-2H3,(H,22,23). The Kier molecular flexibility index (Phi) is 4.63. The number of rotatable bonds is 4. The van der Waals surface area contributed by atoms with Gasteiger partial charge in [0.2, 0.25) is 0 Å². The molecule has 0 aliphatic heterocycles. The van der Waals surface area contributed by atoms with Crippen LogP contribution in [0.4, 0.5) is 13.2 Å². The van der Waals surface area contributed by atoms with Gasteiger partial charge in [-0.25, -0.2) is 4.79 Å². The van der Waals surface area contributed by atoms with Crippen molar-refractivity contribution in [3.05, 3.63) is 52.7 Å². The van der Waals surface area contributed by atoms with E-state index in [4.69, 9.17) is 9.52 Å². The lowest BCUT2D eigenvalue weighted by molar-refractivity contribution is -0.141. The lowest BCUT2D eigenvalue weighted by Gasteiger charge is -2.18. The average molecular weight is 342 g/mol. The summed E-state index contributed by atoms with van der Waals surface area (Å²) in [5.74, 6) is -1.79. The lowest BCUT2D eigenvalue weighted by atomic mass is 10.1. The molecule has 1 N–H and O–H groups in total. The van der Waals surface area contributed by atoms with E-state index in [0.29, 0.717) is 0 Å². The molecule has 24 heavy (non-hydrogen) atoms. The van der Waals surface area contributed by atoms with Crippen molar-refractivity contribution in [2.45, 2.75) is 19.6 Å². The second kappa shape index (κ2) is 6.34. The maximum absolute atomic E-state index is 12.9. The fourth-order valence-corrected chi connectivity index (χ4v) is 2.15. The van der Waals surface area contributed by atoms with E-state index >= 15 is 0 Å². The highest BCUT2D eigenvalue weighted by Crippen LogP contribution is 2.30. The lowest BCUT2D eigenvalue weighted by Crippen LogP contribution is -2.28. The molecule has 0 unspecified atom stereocenters. The van der Waals surface area contributed by atoms with Crippen molar-refractivity contribution in [1.29, 1.82) is 0 Å². The Balaban J connectivity index is 2.25. The van der Waals surface area contributed by atoms with Crippen LogP contribution in [0.15, 0.2) is 28.8 Å². The zero-order valence-electron chi connectivity index (χ0n) is 12.7. The van der Waals surface area contributed by atoms with Gasteiger partial charge in [-0.3, -0.25) is 9.78 Å². The van der Waals surface area contributed by atoms with Crippen LogP contribution in [0.5, 0.6) is 0 Å². The van der Waals surface area contributed by atoms with E-state index in [2.05, 4.69) is 4.98 Å². The molecule has 0 fully saturated rings. The van der Waals surface area contributed by atoms with E-state index in [9.17, 15) is 22.8 Å². The maximum atomic E-state index is 12.9. The van der Waals surface area contributed by atoms with Crippen LogP contribution in [-0.2, 0) is 12.7 Å². The van der Waals surface area contributed by atoms with Gasteiger partial charge in [-0.2, -0.15) is 13.2 Å². The average Bonchev–Trinajstić information content (AvgIpc) is 2.86. The summed E-state index contributed by atoms with van der Waals surface area (Å²) >= 11 is 0. The number of carboxylic acids is 1. The number of nitrogens with zero attached hydrogens (tertiary/aromatic N) is 2. The molecule has 0 spiro atoms. The predicted molar refractivity (Wildman–Crippen MR) is 75.4 cm³/mol. The summed E-state index contributed by atoms with van der Waals surface area (Å²) in [4.78, 5) is 27.5. The molecule has 2 aromatic heterocycles. The maximum Gasteiger partial charge on any atom is 0.434 e. The van der Waals surface area contributed by atoms with E-state index in [0.717, 1.165) is 17.2 Å². The van der Waals surface area contributed by atoms with Gasteiger partial charge in [-0.1, -0.05) is 0 Å². The molecule has 6 nitrogen and oxygen atoms in total. The number of alkyl halides is 3. The molecule has 2 heterocycles. The number of furan rings is 1. The molecule has 0 saturated heterocycles. The van der Waals surface area contributed by atoms with Crippen LogP contribution in [0, 0.1) is 6.92 Å². The SMILES string of the molecule is Cc1oc(CN(C)C(=O)c2cccnc2C(F)(F)F)cc1C(=O)O.